The number of benzene rings is 2. The molecule has 0 atom stereocenters. The van der Waals surface area contributed by atoms with Crippen molar-refractivity contribution in [2.24, 2.45) is 5.10 Å². The molecule has 2 aromatic carbocycles. The minimum Gasteiger partial charge on any atom is -0.496 e. The Labute approximate surface area is 157 Å². The molecule has 0 saturated heterocycles. The first-order valence-corrected chi connectivity index (χ1v) is 8.44. The summed E-state index contributed by atoms with van der Waals surface area (Å²) in [6.45, 7) is 2.00. The predicted octanol–water partition coefficient (Wildman–Crippen LogP) is 3.39. The highest BCUT2D eigenvalue weighted by atomic mass is 35.5. The van der Waals surface area contributed by atoms with E-state index in [2.05, 4.69) is 15.8 Å². The van der Waals surface area contributed by atoms with E-state index in [1.54, 1.807) is 24.3 Å². The van der Waals surface area contributed by atoms with E-state index in [9.17, 15) is 9.59 Å². The third kappa shape index (κ3) is 5.60. The Kier molecular flexibility index (Phi) is 7.17. The van der Waals surface area contributed by atoms with E-state index in [4.69, 9.17) is 16.3 Å². The molecule has 0 saturated carbocycles. The summed E-state index contributed by atoms with van der Waals surface area (Å²) >= 11 is 5.93. The molecule has 0 aliphatic carbocycles. The van der Waals surface area contributed by atoms with Crippen molar-refractivity contribution in [1.29, 1.82) is 0 Å². The monoisotopic (exact) mass is 373 g/mol. The maximum Gasteiger partial charge on any atom is 0.249 e. The van der Waals surface area contributed by atoms with E-state index in [1.807, 2.05) is 25.1 Å². The summed E-state index contributed by atoms with van der Waals surface area (Å²) in [5.74, 6) is -0.353. The number of ether oxygens (including phenoxy) is 1. The molecule has 0 aromatic heterocycles. The van der Waals surface area contributed by atoms with Gasteiger partial charge in [0.2, 0.25) is 11.8 Å². The summed E-state index contributed by atoms with van der Waals surface area (Å²) in [4.78, 5) is 23.9. The van der Waals surface area contributed by atoms with Crippen molar-refractivity contribution >= 4 is 35.3 Å². The van der Waals surface area contributed by atoms with Crippen LogP contribution in [0.25, 0.3) is 0 Å². The van der Waals surface area contributed by atoms with Crippen molar-refractivity contribution in [3.05, 3.63) is 58.6 Å². The molecular formula is C19H20ClN3O3. The van der Waals surface area contributed by atoms with Gasteiger partial charge in [0.1, 0.15) is 12.2 Å². The Morgan fingerprint density at radius 1 is 1.19 bits per heavy atom. The number of methoxy groups -OCH3 is 1. The maximum atomic E-state index is 12.0. The number of rotatable bonds is 7. The van der Waals surface area contributed by atoms with E-state index in [0.29, 0.717) is 22.0 Å². The molecule has 2 aromatic rings. The Morgan fingerprint density at radius 3 is 2.69 bits per heavy atom. The summed E-state index contributed by atoms with van der Waals surface area (Å²) in [5.41, 5.74) is 4.65. The van der Waals surface area contributed by atoms with Gasteiger partial charge in [-0.3, -0.25) is 9.59 Å². The number of para-hydroxylation sites is 1. The van der Waals surface area contributed by atoms with Crippen molar-refractivity contribution in [1.82, 2.24) is 5.43 Å². The van der Waals surface area contributed by atoms with Crippen molar-refractivity contribution < 1.29 is 14.3 Å². The van der Waals surface area contributed by atoms with Gasteiger partial charge < -0.3 is 10.1 Å². The van der Waals surface area contributed by atoms with Crippen molar-refractivity contribution in [3.63, 3.8) is 0 Å². The molecule has 0 aliphatic heterocycles. The average molecular weight is 374 g/mol. The molecule has 136 valence electrons. The van der Waals surface area contributed by atoms with Crippen LogP contribution in [0, 0.1) is 0 Å². The molecule has 2 rings (SSSR count). The summed E-state index contributed by atoms with van der Waals surface area (Å²) < 4.78 is 5.18. The maximum absolute atomic E-state index is 12.0. The lowest BCUT2D eigenvalue weighted by Gasteiger charge is -2.09. The number of hydrazone groups is 1. The number of halogens is 1. The van der Waals surface area contributed by atoms with Gasteiger partial charge in [-0.05, 0) is 36.2 Å². The number of carbonyl (C=O) groups is 2. The number of nitrogens with zero attached hydrogens (tertiary/aromatic N) is 1. The van der Waals surface area contributed by atoms with Crippen molar-refractivity contribution in [2.75, 3.05) is 12.4 Å². The average Bonchev–Trinajstić information content (AvgIpc) is 2.62. The van der Waals surface area contributed by atoms with E-state index in [-0.39, 0.29) is 6.42 Å². The molecule has 0 radical (unpaired) electrons. The highest BCUT2D eigenvalue weighted by Crippen LogP contribution is 2.20. The molecular weight excluding hydrogens is 354 g/mol. The lowest BCUT2D eigenvalue weighted by Crippen LogP contribution is -2.25. The Morgan fingerprint density at radius 2 is 1.96 bits per heavy atom. The van der Waals surface area contributed by atoms with Crippen LogP contribution < -0.4 is 15.5 Å². The summed E-state index contributed by atoms with van der Waals surface area (Å²) in [6.07, 6.45) is 1.86. The summed E-state index contributed by atoms with van der Waals surface area (Å²) in [5, 5.41) is 7.10. The number of hydrogen-bond donors (Lipinski definition) is 2. The zero-order valence-corrected chi connectivity index (χ0v) is 15.3. The van der Waals surface area contributed by atoms with Gasteiger partial charge in [-0.15, -0.1) is 0 Å². The van der Waals surface area contributed by atoms with Gasteiger partial charge in [-0.1, -0.05) is 36.7 Å². The molecule has 0 spiro atoms. The third-order valence-electron chi connectivity index (χ3n) is 3.58. The highest BCUT2D eigenvalue weighted by Gasteiger charge is 2.10. The van der Waals surface area contributed by atoms with Gasteiger partial charge in [0, 0.05) is 16.3 Å². The molecule has 2 amide bonds. The predicted molar refractivity (Wildman–Crippen MR) is 103 cm³/mol. The van der Waals surface area contributed by atoms with E-state index < -0.39 is 11.8 Å². The molecule has 6 nitrogen and oxygen atoms in total. The van der Waals surface area contributed by atoms with Crippen LogP contribution in [0.15, 0.2) is 47.6 Å². The first-order chi connectivity index (χ1) is 12.5. The van der Waals surface area contributed by atoms with Gasteiger partial charge in [-0.25, -0.2) is 5.43 Å². The fourth-order valence-corrected chi connectivity index (χ4v) is 2.49. The number of amides is 2. The fourth-order valence-electron chi connectivity index (χ4n) is 2.31. The molecule has 0 heterocycles. The molecule has 0 unspecified atom stereocenters. The smallest absolute Gasteiger partial charge is 0.249 e. The molecule has 2 N–H and O–H groups in total. The lowest BCUT2D eigenvalue weighted by molar-refractivity contribution is -0.126. The number of carbonyl (C=O) groups excluding carboxylic acids is 2. The summed E-state index contributed by atoms with van der Waals surface area (Å²) in [7, 11) is 1.53. The van der Waals surface area contributed by atoms with Crippen LogP contribution in [-0.4, -0.2) is 25.1 Å². The lowest BCUT2D eigenvalue weighted by atomic mass is 10.1. The molecule has 0 bridgehead atoms. The molecule has 0 aliphatic rings. The van der Waals surface area contributed by atoms with Gasteiger partial charge >= 0.3 is 0 Å². The summed E-state index contributed by atoms with van der Waals surface area (Å²) in [6, 6.07) is 12.5. The van der Waals surface area contributed by atoms with E-state index in [1.165, 1.54) is 13.3 Å². The highest BCUT2D eigenvalue weighted by molar-refractivity contribution is 6.30. The van der Waals surface area contributed by atoms with Crippen molar-refractivity contribution in [3.8, 4) is 5.75 Å². The van der Waals surface area contributed by atoms with Crippen LogP contribution >= 0.6 is 11.6 Å². The first-order valence-electron chi connectivity index (χ1n) is 8.06. The normalized spacial score (nSPS) is 10.6. The number of hydrogen-bond acceptors (Lipinski definition) is 4. The first kappa shape index (κ1) is 19.5. The van der Waals surface area contributed by atoms with Crippen LogP contribution in [0.4, 0.5) is 5.69 Å². The van der Waals surface area contributed by atoms with Gasteiger partial charge in [0.15, 0.2) is 0 Å². The SMILES string of the molecule is CCc1ccccc1NC(=O)CC(=O)NN=Cc1cc(Cl)ccc1OC. The largest absolute Gasteiger partial charge is 0.496 e. The number of aryl methyl sites for hydroxylation is 1. The van der Waals surface area contributed by atoms with Gasteiger partial charge in [-0.2, -0.15) is 5.10 Å². The van der Waals surface area contributed by atoms with Crippen LogP contribution in [0.3, 0.4) is 0 Å². The Hall–Kier alpha value is -2.86. The van der Waals surface area contributed by atoms with Crippen LogP contribution in [0.5, 0.6) is 5.75 Å². The second-order valence-electron chi connectivity index (χ2n) is 5.42. The van der Waals surface area contributed by atoms with Crippen LogP contribution in [-0.2, 0) is 16.0 Å². The number of nitrogens with one attached hydrogen (secondary N) is 2. The standard InChI is InChI=1S/C19H20ClN3O3/c1-3-13-6-4-5-7-16(13)22-18(24)11-19(25)23-21-12-14-10-15(20)8-9-17(14)26-2/h4-10,12H,3,11H2,1-2H3,(H,22,24)(H,23,25). The second-order valence-corrected chi connectivity index (χ2v) is 5.85. The van der Waals surface area contributed by atoms with Gasteiger partial charge in [0.05, 0.1) is 13.3 Å². The zero-order chi connectivity index (χ0) is 18.9. The second kappa shape index (κ2) is 9.58. The van der Waals surface area contributed by atoms with E-state index in [0.717, 1.165) is 12.0 Å². The van der Waals surface area contributed by atoms with Gasteiger partial charge in [0.25, 0.3) is 0 Å². The van der Waals surface area contributed by atoms with E-state index >= 15 is 0 Å². The number of anilines is 1. The van der Waals surface area contributed by atoms with Crippen LogP contribution in [0.2, 0.25) is 5.02 Å². The zero-order valence-electron chi connectivity index (χ0n) is 14.6. The Bertz CT molecular complexity index is 821. The minimum atomic E-state index is -0.520. The van der Waals surface area contributed by atoms with Crippen molar-refractivity contribution in [2.45, 2.75) is 19.8 Å². The quantitative estimate of drug-likeness (QED) is 0.443. The minimum absolute atomic E-state index is 0.331. The topological polar surface area (TPSA) is 79.8 Å². The third-order valence-corrected chi connectivity index (χ3v) is 3.81. The Balaban J connectivity index is 1.90. The fraction of sp³-hybridized carbons (Fsp3) is 0.211. The molecule has 7 heteroatoms. The molecule has 26 heavy (non-hydrogen) atoms. The molecule has 0 fully saturated rings. The van der Waals surface area contributed by atoms with Crippen LogP contribution in [0.1, 0.15) is 24.5 Å².